The Hall–Kier alpha value is -2.21. The van der Waals surface area contributed by atoms with Crippen molar-refractivity contribution in [2.45, 2.75) is 6.10 Å². The van der Waals surface area contributed by atoms with E-state index in [-0.39, 0.29) is 11.1 Å². The van der Waals surface area contributed by atoms with Crippen molar-refractivity contribution in [1.29, 1.82) is 0 Å². The summed E-state index contributed by atoms with van der Waals surface area (Å²) in [6.45, 7) is 0. The smallest absolute Gasteiger partial charge is 0.194 e. The van der Waals surface area contributed by atoms with Gasteiger partial charge in [-0.15, -0.1) is 0 Å². The Balaban J connectivity index is 2.45. The second kappa shape index (κ2) is 6.05. The molecule has 21 heavy (non-hydrogen) atoms. The minimum atomic E-state index is -1.62. The van der Waals surface area contributed by atoms with E-state index < -0.39 is 23.6 Å². The highest BCUT2D eigenvalue weighted by molar-refractivity contribution is 5.45. The van der Waals surface area contributed by atoms with Gasteiger partial charge in [-0.25, -0.2) is 13.2 Å². The van der Waals surface area contributed by atoms with Crippen molar-refractivity contribution in [1.82, 2.24) is 0 Å². The maximum atomic E-state index is 13.7. The standard InChI is InChI=1S/C15H13F3O3/c1-20-11-6-3-8(7-12(11)21-2)15(19)9-4-5-10(16)14(18)13(9)17/h3-7,15,19H,1-2H3. The molecule has 0 amide bonds. The van der Waals surface area contributed by atoms with Crippen LogP contribution in [0.3, 0.4) is 0 Å². The van der Waals surface area contributed by atoms with Crippen LogP contribution in [-0.4, -0.2) is 19.3 Å². The molecule has 6 heteroatoms. The van der Waals surface area contributed by atoms with Gasteiger partial charge in [-0.2, -0.15) is 0 Å². The van der Waals surface area contributed by atoms with E-state index in [1.54, 1.807) is 0 Å². The van der Waals surface area contributed by atoms with Gasteiger partial charge < -0.3 is 14.6 Å². The average Bonchev–Trinajstić information content (AvgIpc) is 2.51. The van der Waals surface area contributed by atoms with E-state index in [4.69, 9.17) is 9.47 Å². The first-order chi connectivity index (χ1) is 9.99. The number of halogens is 3. The third kappa shape index (κ3) is 2.80. The second-order valence-corrected chi connectivity index (χ2v) is 4.28. The van der Waals surface area contributed by atoms with Gasteiger partial charge in [0.2, 0.25) is 0 Å². The average molecular weight is 298 g/mol. The van der Waals surface area contributed by atoms with Crippen molar-refractivity contribution in [3.8, 4) is 11.5 Å². The molecule has 1 N–H and O–H groups in total. The van der Waals surface area contributed by atoms with Crippen molar-refractivity contribution in [2.24, 2.45) is 0 Å². The quantitative estimate of drug-likeness (QED) is 0.881. The number of rotatable bonds is 4. The van der Waals surface area contributed by atoms with E-state index in [0.29, 0.717) is 11.5 Å². The van der Waals surface area contributed by atoms with E-state index in [1.165, 1.54) is 32.4 Å². The molecule has 0 spiro atoms. The molecule has 1 atom stereocenters. The zero-order valence-electron chi connectivity index (χ0n) is 11.4. The first-order valence-corrected chi connectivity index (χ1v) is 6.03. The van der Waals surface area contributed by atoms with Crippen LogP contribution in [0, 0.1) is 17.5 Å². The number of hydrogen-bond acceptors (Lipinski definition) is 3. The second-order valence-electron chi connectivity index (χ2n) is 4.28. The number of methoxy groups -OCH3 is 2. The van der Waals surface area contributed by atoms with Gasteiger partial charge in [-0.3, -0.25) is 0 Å². The molecule has 0 saturated carbocycles. The highest BCUT2D eigenvalue weighted by atomic mass is 19.2. The van der Waals surface area contributed by atoms with Crippen molar-refractivity contribution < 1.29 is 27.8 Å². The van der Waals surface area contributed by atoms with Gasteiger partial charge >= 0.3 is 0 Å². The molecular formula is C15H13F3O3. The van der Waals surface area contributed by atoms with E-state index >= 15 is 0 Å². The highest BCUT2D eigenvalue weighted by Crippen LogP contribution is 2.33. The summed E-state index contributed by atoms with van der Waals surface area (Å²) in [7, 11) is 2.86. The van der Waals surface area contributed by atoms with Gasteiger partial charge in [-0.05, 0) is 23.8 Å². The third-order valence-electron chi connectivity index (χ3n) is 3.08. The molecule has 2 aromatic carbocycles. The summed E-state index contributed by atoms with van der Waals surface area (Å²) in [6, 6.07) is 6.19. The number of ether oxygens (including phenoxy) is 2. The van der Waals surface area contributed by atoms with Crippen molar-refractivity contribution in [3.63, 3.8) is 0 Å². The lowest BCUT2D eigenvalue weighted by molar-refractivity contribution is 0.212. The molecule has 112 valence electrons. The lowest BCUT2D eigenvalue weighted by Gasteiger charge is -2.15. The van der Waals surface area contributed by atoms with Crippen molar-refractivity contribution >= 4 is 0 Å². The number of hydrogen-bond donors (Lipinski definition) is 1. The fourth-order valence-corrected chi connectivity index (χ4v) is 1.95. The Morgan fingerprint density at radius 1 is 0.905 bits per heavy atom. The third-order valence-corrected chi connectivity index (χ3v) is 3.08. The maximum absolute atomic E-state index is 13.7. The van der Waals surface area contributed by atoms with Gasteiger partial charge in [-0.1, -0.05) is 12.1 Å². The van der Waals surface area contributed by atoms with Crippen molar-refractivity contribution in [3.05, 3.63) is 58.9 Å². The van der Waals surface area contributed by atoms with Crippen LogP contribution in [0.2, 0.25) is 0 Å². The largest absolute Gasteiger partial charge is 0.493 e. The molecule has 0 aliphatic heterocycles. The zero-order valence-corrected chi connectivity index (χ0v) is 11.4. The Morgan fingerprint density at radius 2 is 1.57 bits per heavy atom. The van der Waals surface area contributed by atoms with Crippen LogP contribution in [0.15, 0.2) is 30.3 Å². The van der Waals surface area contributed by atoms with Gasteiger partial charge in [0.25, 0.3) is 0 Å². The summed E-state index contributed by atoms with van der Waals surface area (Å²) in [5.74, 6) is -3.59. The van der Waals surface area contributed by atoms with Gasteiger partial charge in [0.1, 0.15) is 6.10 Å². The van der Waals surface area contributed by atoms with Gasteiger partial charge in [0.15, 0.2) is 29.0 Å². The van der Waals surface area contributed by atoms with Crippen LogP contribution in [0.5, 0.6) is 11.5 Å². The van der Waals surface area contributed by atoms with E-state index in [2.05, 4.69) is 0 Å². The molecule has 0 aromatic heterocycles. The Kier molecular flexibility index (Phi) is 4.37. The summed E-state index contributed by atoms with van der Waals surface area (Å²) >= 11 is 0. The minimum Gasteiger partial charge on any atom is -0.493 e. The molecule has 0 fully saturated rings. The zero-order chi connectivity index (χ0) is 15.6. The number of aliphatic hydroxyl groups is 1. The van der Waals surface area contributed by atoms with E-state index in [0.717, 1.165) is 12.1 Å². The van der Waals surface area contributed by atoms with Crippen molar-refractivity contribution in [2.75, 3.05) is 14.2 Å². The fraction of sp³-hybridized carbons (Fsp3) is 0.200. The SMILES string of the molecule is COc1ccc(C(O)c2ccc(F)c(F)c2F)cc1OC. The fourth-order valence-electron chi connectivity index (χ4n) is 1.95. The summed E-state index contributed by atoms with van der Waals surface area (Å²) < 4.78 is 49.9. The molecule has 0 bridgehead atoms. The first-order valence-electron chi connectivity index (χ1n) is 6.03. The summed E-state index contributed by atoms with van der Waals surface area (Å²) in [5, 5.41) is 10.1. The highest BCUT2D eigenvalue weighted by Gasteiger charge is 2.21. The van der Waals surface area contributed by atoms with Crippen LogP contribution in [0.1, 0.15) is 17.2 Å². The molecule has 0 radical (unpaired) electrons. The molecule has 2 rings (SSSR count). The Bertz CT molecular complexity index is 659. The summed E-state index contributed by atoms with van der Waals surface area (Å²) in [5.41, 5.74) is -0.0984. The van der Waals surface area contributed by atoms with E-state index in [1.807, 2.05) is 0 Å². The maximum Gasteiger partial charge on any atom is 0.194 e. The van der Waals surface area contributed by atoms with Gasteiger partial charge in [0.05, 0.1) is 14.2 Å². The lowest BCUT2D eigenvalue weighted by atomic mass is 10.0. The first kappa shape index (κ1) is 15.2. The Morgan fingerprint density at radius 3 is 2.19 bits per heavy atom. The van der Waals surface area contributed by atoms with Crippen LogP contribution < -0.4 is 9.47 Å². The van der Waals surface area contributed by atoms with Gasteiger partial charge in [0, 0.05) is 5.56 Å². The predicted molar refractivity (Wildman–Crippen MR) is 69.9 cm³/mol. The molecule has 0 heterocycles. The predicted octanol–water partition coefficient (Wildman–Crippen LogP) is 3.20. The molecule has 0 aliphatic carbocycles. The molecular weight excluding hydrogens is 285 g/mol. The topological polar surface area (TPSA) is 38.7 Å². The molecule has 0 saturated heterocycles. The normalized spacial score (nSPS) is 12.1. The lowest BCUT2D eigenvalue weighted by Crippen LogP contribution is -2.06. The van der Waals surface area contributed by atoms with Crippen LogP contribution in [-0.2, 0) is 0 Å². The van der Waals surface area contributed by atoms with Crippen LogP contribution in [0.4, 0.5) is 13.2 Å². The van der Waals surface area contributed by atoms with Crippen LogP contribution in [0.25, 0.3) is 0 Å². The molecule has 1 unspecified atom stereocenters. The Labute approximate surface area is 119 Å². The van der Waals surface area contributed by atoms with Crippen LogP contribution >= 0.6 is 0 Å². The monoisotopic (exact) mass is 298 g/mol. The summed E-state index contributed by atoms with van der Waals surface area (Å²) in [6.07, 6.45) is -1.46. The van der Waals surface area contributed by atoms with E-state index in [9.17, 15) is 18.3 Å². The molecule has 3 nitrogen and oxygen atoms in total. The summed E-state index contributed by atoms with van der Waals surface area (Å²) in [4.78, 5) is 0. The number of aliphatic hydroxyl groups excluding tert-OH is 1. The number of benzene rings is 2. The minimum absolute atomic E-state index is 0.262. The molecule has 0 aliphatic rings. The molecule has 2 aromatic rings.